The van der Waals surface area contributed by atoms with Crippen molar-refractivity contribution < 1.29 is 14.9 Å². The molecule has 1 rings (SSSR count). The van der Waals surface area contributed by atoms with Crippen molar-refractivity contribution in [3.05, 3.63) is 23.8 Å². The number of aryl methyl sites for hydroxylation is 1. The van der Waals surface area contributed by atoms with E-state index in [9.17, 15) is 10.2 Å². The van der Waals surface area contributed by atoms with Crippen molar-refractivity contribution in [3.63, 3.8) is 0 Å². The van der Waals surface area contributed by atoms with Gasteiger partial charge in [-0.1, -0.05) is 6.92 Å². The van der Waals surface area contributed by atoms with Crippen LogP contribution in [0.3, 0.4) is 0 Å². The summed E-state index contributed by atoms with van der Waals surface area (Å²) in [4.78, 5) is 0. The van der Waals surface area contributed by atoms with Crippen LogP contribution in [0, 0.1) is 12.3 Å². The van der Waals surface area contributed by atoms with Crippen molar-refractivity contribution in [2.24, 2.45) is 5.41 Å². The third kappa shape index (κ3) is 3.61. The molecule has 4 heteroatoms. The number of ether oxygens (including phenoxy) is 1. The summed E-state index contributed by atoms with van der Waals surface area (Å²) < 4.78 is 5.18. The molecule has 4 nitrogen and oxygen atoms in total. The summed E-state index contributed by atoms with van der Waals surface area (Å²) in [5.41, 5.74) is 1.50. The summed E-state index contributed by atoms with van der Waals surface area (Å²) in [6.45, 7) is 4.22. The highest BCUT2D eigenvalue weighted by Crippen LogP contribution is 2.22. The Kier molecular flexibility index (Phi) is 4.78. The van der Waals surface area contributed by atoms with Crippen LogP contribution in [0.2, 0.25) is 0 Å². The lowest BCUT2D eigenvalue weighted by Gasteiger charge is -2.25. The Bertz CT molecular complexity index is 362. The Morgan fingerprint density at radius 2 is 1.94 bits per heavy atom. The van der Waals surface area contributed by atoms with Gasteiger partial charge in [-0.3, -0.25) is 0 Å². The molecule has 0 aromatic heterocycles. The van der Waals surface area contributed by atoms with E-state index in [1.54, 1.807) is 7.11 Å². The minimum atomic E-state index is -0.506. The molecule has 0 heterocycles. The van der Waals surface area contributed by atoms with Crippen molar-refractivity contribution in [2.45, 2.75) is 13.8 Å². The predicted octanol–water partition coefficient (Wildman–Crippen LogP) is 1.41. The van der Waals surface area contributed by atoms with Gasteiger partial charge in [0.25, 0.3) is 0 Å². The van der Waals surface area contributed by atoms with Gasteiger partial charge in [-0.15, -0.1) is 0 Å². The Hall–Kier alpha value is -1.26. The maximum absolute atomic E-state index is 9.18. The first-order valence-electron chi connectivity index (χ1n) is 5.65. The number of anilines is 1. The molecule has 0 radical (unpaired) electrons. The summed E-state index contributed by atoms with van der Waals surface area (Å²) >= 11 is 0. The highest BCUT2D eigenvalue weighted by Gasteiger charge is 2.21. The zero-order chi connectivity index (χ0) is 12.9. The van der Waals surface area contributed by atoms with E-state index in [0.29, 0.717) is 6.54 Å². The quantitative estimate of drug-likeness (QED) is 0.702. The molecule has 0 aliphatic heterocycles. The minimum absolute atomic E-state index is 0.0500. The van der Waals surface area contributed by atoms with Crippen LogP contribution in [0.5, 0.6) is 5.75 Å². The van der Waals surface area contributed by atoms with Gasteiger partial charge in [0.1, 0.15) is 5.75 Å². The maximum atomic E-state index is 9.18. The normalized spacial score (nSPS) is 11.4. The third-order valence-corrected chi connectivity index (χ3v) is 2.88. The van der Waals surface area contributed by atoms with Crippen LogP contribution in [-0.2, 0) is 0 Å². The van der Waals surface area contributed by atoms with Crippen molar-refractivity contribution >= 4 is 5.69 Å². The Labute approximate surface area is 102 Å². The average Bonchev–Trinajstić information content (AvgIpc) is 2.36. The largest absolute Gasteiger partial charge is 0.496 e. The Morgan fingerprint density at radius 3 is 2.41 bits per heavy atom. The van der Waals surface area contributed by atoms with Gasteiger partial charge < -0.3 is 20.3 Å². The molecule has 0 atom stereocenters. The van der Waals surface area contributed by atoms with Gasteiger partial charge in [-0.25, -0.2) is 0 Å². The van der Waals surface area contributed by atoms with Crippen LogP contribution in [0.15, 0.2) is 18.2 Å². The minimum Gasteiger partial charge on any atom is -0.496 e. The molecular weight excluding hydrogens is 218 g/mol. The number of hydrogen-bond acceptors (Lipinski definition) is 4. The molecule has 17 heavy (non-hydrogen) atoms. The SMILES string of the molecule is COc1ccc(NCC(C)(CO)CO)cc1C. The molecule has 0 unspecified atom stereocenters. The number of benzene rings is 1. The lowest BCUT2D eigenvalue weighted by Crippen LogP contribution is -2.34. The molecule has 1 aromatic carbocycles. The van der Waals surface area contributed by atoms with Crippen LogP contribution in [-0.4, -0.2) is 37.1 Å². The fourth-order valence-corrected chi connectivity index (χ4v) is 1.47. The van der Waals surface area contributed by atoms with E-state index in [4.69, 9.17) is 4.74 Å². The molecule has 3 N–H and O–H groups in total. The van der Waals surface area contributed by atoms with E-state index in [0.717, 1.165) is 17.0 Å². The first-order valence-corrected chi connectivity index (χ1v) is 5.65. The Morgan fingerprint density at radius 1 is 1.29 bits per heavy atom. The Balaban J connectivity index is 2.67. The summed E-state index contributed by atoms with van der Waals surface area (Å²) in [6, 6.07) is 5.79. The highest BCUT2D eigenvalue weighted by molar-refractivity contribution is 5.50. The number of aliphatic hydroxyl groups excluding tert-OH is 2. The van der Waals surface area contributed by atoms with Crippen LogP contribution >= 0.6 is 0 Å². The van der Waals surface area contributed by atoms with Crippen molar-refractivity contribution in [2.75, 3.05) is 32.2 Å². The topological polar surface area (TPSA) is 61.7 Å². The van der Waals surface area contributed by atoms with Gasteiger partial charge in [-0.05, 0) is 30.7 Å². The van der Waals surface area contributed by atoms with Gasteiger partial charge >= 0.3 is 0 Å². The van der Waals surface area contributed by atoms with Crippen molar-refractivity contribution in [1.82, 2.24) is 0 Å². The molecule has 1 aromatic rings. The molecule has 0 saturated carbocycles. The summed E-state index contributed by atoms with van der Waals surface area (Å²) in [5.74, 6) is 0.850. The third-order valence-electron chi connectivity index (χ3n) is 2.88. The molecular formula is C13H21NO3. The standard InChI is InChI=1S/C13H21NO3/c1-10-6-11(4-5-12(10)17-3)14-7-13(2,8-15)9-16/h4-6,14-16H,7-9H2,1-3H3. The molecule has 0 aliphatic carbocycles. The second kappa shape index (κ2) is 5.89. The van der Waals surface area contributed by atoms with E-state index in [1.807, 2.05) is 32.0 Å². The van der Waals surface area contributed by atoms with E-state index < -0.39 is 5.41 Å². The molecule has 96 valence electrons. The molecule has 0 saturated heterocycles. The zero-order valence-electron chi connectivity index (χ0n) is 10.7. The molecule has 0 bridgehead atoms. The second-order valence-corrected chi connectivity index (χ2v) is 4.66. The van der Waals surface area contributed by atoms with Crippen LogP contribution < -0.4 is 10.1 Å². The zero-order valence-corrected chi connectivity index (χ0v) is 10.7. The van der Waals surface area contributed by atoms with E-state index >= 15 is 0 Å². The van der Waals surface area contributed by atoms with Crippen LogP contribution in [0.25, 0.3) is 0 Å². The molecule has 0 aliphatic rings. The van der Waals surface area contributed by atoms with E-state index in [-0.39, 0.29) is 13.2 Å². The lowest BCUT2D eigenvalue weighted by atomic mass is 9.93. The predicted molar refractivity (Wildman–Crippen MR) is 68.5 cm³/mol. The van der Waals surface area contributed by atoms with Gasteiger partial charge in [-0.2, -0.15) is 0 Å². The fraction of sp³-hybridized carbons (Fsp3) is 0.538. The van der Waals surface area contributed by atoms with Gasteiger partial charge in [0.15, 0.2) is 0 Å². The number of hydrogen-bond donors (Lipinski definition) is 3. The maximum Gasteiger partial charge on any atom is 0.121 e. The van der Waals surface area contributed by atoms with Crippen LogP contribution in [0.4, 0.5) is 5.69 Å². The van der Waals surface area contributed by atoms with Crippen molar-refractivity contribution in [1.29, 1.82) is 0 Å². The first-order chi connectivity index (χ1) is 8.04. The summed E-state index contributed by atoms with van der Waals surface area (Å²) in [7, 11) is 1.64. The number of nitrogens with one attached hydrogen (secondary N) is 1. The average molecular weight is 239 g/mol. The highest BCUT2D eigenvalue weighted by atomic mass is 16.5. The molecule has 0 fully saturated rings. The molecule has 0 spiro atoms. The lowest BCUT2D eigenvalue weighted by molar-refractivity contribution is 0.0806. The van der Waals surface area contributed by atoms with E-state index in [1.165, 1.54) is 0 Å². The number of aliphatic hydroxyl groups is 2. The molecule has 0 amide bonds. The summed E-state index contributed by atoms with van der Waals surface area (Å²) in [6.07, 6.45) is 0. The second-order valence-electron chi connectivity index (χ2n) is 4.66. The number of methoxy groups -OCH3 is 1. The first kappa shape index (κ1) is 13.8. The number of rotatable bonds is 6. The van der Waals surface area contributed by atoms with Gasteiger partial charge in [0.2, 0.25) is 0 Å². The van der Waals surface area contributed by atoms with Gasteiger partial charge in [0, 0.05) is 17.6 Å². The van der Waals surface area contributed by atoms with E-state index in [2.05, 4.69) is 5.32 Å². The van der Waals surface area contributed by atoms with Crippen LogP contribution in [0.1, 0.15) is 12.5 Å². The van der Waals surface area contributed by atoms with Gasteiger partial charge in [0.05, 0.1) is 20.3 Å². The smallest absolute Gasteiger partial charge is 0.121 e. The fourth-order valence-electron chi connectivity index (χ4n) is 1.47. The van der Waals surface area contributed by atoms with Crippen molar-refractivity contribution in [3.8, 4) is 5.75 Å². The summed E-state index contributed by atoms with van der Waals surface area (Å²) in [5, 5.41) is 21.6. The monoisotopic (exact) mass is 239 g/mol.